The summed E-state index contributed by atoms with van der Waals surface area (Å²) < 4.78 is 12.2. The maximum atomic E-state index is 6.26. The number of anilines is 1. The van der Waals surface area contributed by atoms with Crippen LogP contribution in [0.4, 0.5) is 5.82 Å². The van der Waals surface area contributed by atoms with Gasteiger partial charge in [-0.2, -0.15) is 0 Å². The topological polar surface area (TPSA) is 50.7 Å². The minimum absolute atomic E-state index is 0.0337. The van der Waals surface area contributed by atoms with Crippen molar-refractivity contribution in [3.8, 4) is 11.5 Å². The minimum atomic E-state index is -0.0337. The van der Waals surface area contributed by atoms with Crippen LogP contribution in [0.3, 0.4) is 0 Å². The van der Waals surface area contributed by atoms with Crippen LogP contribution in [0.25, 0.3) is 10.2 Å². The lowest BCUT2D eigenvalue weighted by Crippen LogP contribution is -2.40. The van der Waals surface area contributed by atoms with Gasteiger partial charge in [-0.25, -0.2) is 9.97 Å². The third-order valence-corrected chi connectivity index (χ3v) is 8.43. The number of benzene rings is 1. The molecule has 0 spiro atoms. The van der Waals surface area contributed by atoms with E-state index in [4.69, 9.17) is 19.4 Å². The monoisotopic (exact) mass is 464 g/mol. The average molecular weight is 465 g/mol. The predicted octanol–water partition coefficient (Wildman–Crippen LogP) is 4.69. The number of likely N-dealkylation sites (N-methyl/N-ethyl adjacent to an activating group) is 1. The van der Waals surface area contributed by atoms with E-state index in [1.165, 1.54) is 41.5 Å². The maximum Gasteiger partial charge on any atom is 0.161 e. The molecule has 174 valence electrons. The molecule has 3 aromatic rings. The SMILES string of the molecule is CC1CCN(Cc2nc(N(C)C[C@@H]3COc4ccccc4O3)c3c4c(sc3n2)CCC4)CC1. The molecule has 1 fully saturated rings. The fourth-order valence-electron chi connectivity index (χ4n) is 5.33. The smallest absolute Gasteiger partial charge is 0.161 e. The van der Waals surface area contributed by atoms with Gasteiger partial charge in [0, 0.05) is 11.9 Å². The number of hydrogen-bond donors (Lipinski definition) is 0. The van der Waals surface area contributed by atoms with Crippen molar-refractivity contribution in [2.24, 2.45) is 5.92 Å². The summed E-state index contributed by atoms with van der Waals surface area (Å²) >= 11 is 1.88. The molecule has 0 N–H and O–H groups in total. The van der Waals surface area contributed by atoms with Crippen LogP contribution in [0.5, 0.6) is 11.5 Å². The van der Waals surface area contributed by atoms with Crippen LogP contribution in [-0.2, 0) is 19.4 Å². The van der Waals surface area contributed by atoms with Crippen LogP contribution >= 0.6 is 11.3 Å². The molecule has 1 atom stereocenters. The molecular formula is C26H32N4O2S. The quantitative estimate of drug-likeness (QED) is 0.546. The van der Waals surface area contributed by atoms with E-state index in [9.17, 15) is 0 Å². The summed E-state index contributed by atoms with van der Waals surface area (Å²) in [7, 11) is 2.14. The number of aryl methyl sites for hydroxylation is 2. The Kier molecular flexibility index (Phi) is 5.62. The van der Waals surface area contributed by atoms with Gasteiger partial charge in [0.2, 0.25) is 0 Å². The van der Waals surface area contributed by atoms with Crippen LogP contribution in [-0.4, -0.2) is 54.3 Å². The summed E-state index contributed by atoms with van der Waals surface area (Å²) in [5.74, 6) is 4.49. The van der Waals surface area contributed by atoms with Crippen molar-refractivity contribution in [1.29, 1.82) is 0 Å². The first-order valence-electron chi connectivity index (χ1n) is 12.3. The summed E-state index contributed by atoms with van der Waals surface area (Å²) in [6.07, 6.45) is 6.05. The van der Waals surface area contributed by atoms with Crippen molar-refractivity contribution in [1.82, 2.24) is 14.9 Å². The lowest BCUT2D eigenvalue weighted by atomic mass is 9.99. The largest absolute Gasteiger partial charge is 0.486 e. The van der Waals surface area contributed by atoms with Crippen molar-refractivity contribution < 1.29 is 9.47 Å². The molecule has 6 nitrogen and oxygen atoms in total. The highest BCUT2D eigenvalue weighted by Crippen LogP contribution is 2.41. The maximum absolute atomic E-state index is 6.26. The van der Waals surface area contributed by atoms with E-state index in [0.29, 0.717) is 6.61 Å². The summed E-state index contributed by atoms with van der Waals surface area (Å²) in [6.45, 7) is 6.75. The Morgan fingerprint density at radius 1 is 1.12 bits per heavy atom. The van der Waals surface area contributed by atoms with Crippen LogP contribution in [0.15, 0.2) is 24.3 Å². The molecular weight excluding hydrogens is 432 g/mol. The van der Waals surface area contributed by atoms with Gasteiger partial charge in [-0.3, -0.25) is 4.90 Å². The zero-order valence-electron chi connectivity index (χ0n) is 19.5. The zero-order valence-corrected chi connectivity index (χ0v) is 20.4. The number of rotatable bonds is 5. The zero-order chi connectivity index (χ0) is 22.4. The van der Waals surface area contributed by atoms with Gasteiger partial charge in [0.1, 0.15) is 23.1 Å². The van der Waals surface area contributed by atoms with E-state index in [1.54, 1.807) is 0 Å². The standard InChI is InChI=1S/C26H32N4O2S/c1-17-10-12-30(13-11-17)15-23-27-25(24-19-6-5-9-22(19)33-26(24)28-23)29(2)14-18-16-31-20-7-3-4-8-21(20)32-18/h3-4,7-8,17-18H,5-6,9-16H2,1-2H3/t18-/m1/s1. The fraction of sp³-hybridized carbons (Fsp3) is 0.538. The first kappa shape index (κ1) is 21.2. The minimum Gasteiger partial charge on any atom is -0.486 e. The van der Waals surface area contributed by atoms with Gasteiger partial charge >= 0.3 is 0 Å². The van der Waals surface area contributed by atoms with E-state index in [0.717, 1.165) is 66.5 Å². The third kappa shape index (κ3) is 4.17. The molecule has 0 unspecified atom stereocenters. The number of fused-ring (bicyclic) bond motifs is 4. The number of ether oxygens (including phenoxy) is 2. The molecule has 6 rings (SSSR count). The van der Waals surface area contributed by atoms with Gasteiger partial charge in [0.15, 0.2) is 17.6 Å². The second-order valence-corrected chi connectivity index (χ2v) is 10.9. The second kappa shape index (κ2) is 8.76. The van der Waals surface area contributed by atoms with Gasteiger partial charge < -0.3 is 14.4 Å². The van der Waals surface area contributed by atoms with E-state index >= 15 is 0 Å². The Balaban J connectivity index is 1.28. The molecule has 3 aliphatic rings. The van der Waals surface area contributed by atoms with Gasteiger partial charge in [-0.15, -0.1) is 11.3 Å². The molecule has 0 bridgehead atoms. The molecule has 2 aromatic heterocycles. The molecule has 7 heteroatoms. The molecule has 2 aliphatic heterocycles. The molecule has 0 amide bonds. The van der Waals surface area contributed by atoms with Crippen LogP contribution in [0, 0.1) is 5.92 Å². The number of nitrogens with zero attached hydrogens (tertiary/aromatic N) is 4. The van der Waals surface area contributed by atoms with Crippen molar-refractivity contribution in [3.05, 3.63) is 40.5 Å². The Bertz CT molecular complexity index is 1150. The van der Waals surface area contributed by atoms with Crippen molar-refractivity contribution in [2.45, 2.75) is 51.7 Å². The van der Waals surface area contributed by atoms with E-state index in [1.807, 2.05) is 35.6 Å². The highest BCUT2D eigenvalue weighted by molar-refractivity contribution is 7.19. The highest BCUT2D eigenvalue weighted by atomic mass is 32.1. The van der Waals surface area contributed by atoms with Crippen molar-refractivity contribution in [3.63, 3.8) is 0 Å². The van der Waals surface area contributed by atoms with E-state index < -0.39 is 0 Å². The average Bonchev–Trinajstić information content (AvgIpc) is 3.41. The fourth-order valence-corrected chi connectivity index (χ4v) is 6.61. The van der Waals surface area contributed by atoms with Crippen molar-refractivity contribution >= 4 is 27.4 Å². The van der Waals surface area contributed by atoms with Crippen LogP contribution < -0.4 is 14.4 Å². The summed E-state index contributed by atoms with van der Waals surface area (Å²) in [5, 5.41) is 1.27. The number of thiophene rings is 1. The summed E-state index contributed by atoms with van der Waals surface area (Å²) in [6, 6.07) is 7.91. The normalized spacial score (nSPS) is 20.8. The first-order valence-corrected chi connectivity index (χ1v) is 13.1. The van der Waals surface area contributed by atoms with Gasteiger partial charge in [0.05, 0.1) is 18.5 Å². The second-order valence-electron chi connectivity index (χ2n) is 9.84. The number of likely N-dealkylation sites (tertiary alicyclic amines) is 1. The number of para-hydroxylation sites is 2. The highest BCUT2D eigenvalue weighted by Gasteiger charge is 2.28. The lowest BCUT2D eigenvalue weighted by Gasteiger charge is -2.31. The Labute approximate surface area is 199 Å². The van der Waals surface area contributed by atoms with E-state index in [2.05, 4.69) is 23.8 Å². The Hall–Kier alpha value is -2.38. The molecule has 1 aromatic carbocycles. The summed E-state index contributed by atoms with van der Waals surface area (Å²) in [5.41, 5.74) is 1.47. The Morgan fingerprint density at radius 3 is 2.79 bits per heavy atom. The summed E-state index contributed by atoms with van der Waals surface area (Å²) in [4.78, 5) is 17.6. The molecule has 1 saturated heterocycles. The van der Waals surface area contributed by atoms with Crippen LogP contribution in [0.1, 0.15) is 42.5 Å². The van der Waals surface area contributed by atoms with Gasteiger partial charge in [-0.05, 0) is 68.8 Å². The Morgan fingerprint density at radius 2 is 1.94 bits per heavy atom. The number of aromatic nitrogens is 2. The number of hydrogen-bond acceptors (Lipinski definition) is 7. The van der Waals surface area contributed by atoms with E-state index in [-0.39, 0.29) is 6.10 Å². The molecule has 0 saturated carbocycles. The van der Waals surface area contributed by atoms with Crippen LogP contribution in [0.2, 0.25) is 0 Å². The molecule has 4 heterocycles. The molecule has 33 heavy (non-hydrogen) atoms. The number of piperidine rings is 1. The molecule has 0 radical (unpaired) electrons. The third-order valence-electron chi connectivity index (χ3n) is 7.24. The van der Waals surface area contributed by atoms with Crippen molar-refractivity contribution in [2.75, 3.05) is 38.2 Å². The van der Waals surface area contributed by atoms with Gasteiger partial charge in [0.25, 0.3) is 0 Å². The lowest BCUT2D eigenvalue weighted by molar-refractivity contribution is 0.0959. The van der Waals surface area contributed by atoms with Gasteiger partial charge in [-0.1, -0.05) is 19.1 Å². The first-order chi connectivity index (χ1) is 16.1. The predicted molar refractivity (Wildman–Crippen MR) is 133 cm³/mol. The molecule has 1 aliphatic carbocycles.